The van der Waals surface area contributed by atoms with Gasteiger partial charge < -0.3 is 15.5 Å². The van der Waals surface area contributed by atoms with Crippen molar-refractivity contribution in [2.75, 3.05) is 50.7 Å². The molecule has 0 aliphatic carbocycles. The minimum absolute atomic E-state index is 0.133. The smallest absolute Gasteiger partial charge is 0.146 e. The Labute approximate surface area is 151 Å². The molecule has 2 saturated heterocycles. The number of nitrogens with zero attached hydrogens (tertiary/aromatic N) is 3. The van der Waals surface area contributed by atoms with Gasteiger partial charge in [0.15, 0.2) is 0 Å². The van der Waals surface area contributed by atoms with Gasteiger partial charge in [-0.1, -0.05) is 6.07 Å². The number of halogens is 1. The van der Waals surface area contributed by atoms with Crippen molar-refractivity contribution in [2.45, 2.75) is 39.3 Å². The van der Waals surface area contributed by atoms with Crippen molar-refractivity contribution in [1.82, 2.24) is 9.80 Å². The summed E-state index contributed by atoms with van der Waals surface area (Å²) in [6, 6.07) is 6.07. The number of nitrogens with two attached hydrogens (primary N) is 1. The predicted octanol–water partition coefficient (Wildman–Crippen LogP) is 2.53. The molecule has 0 atom stereocenters. The summed E-state index contributed by atoms with van der Waals surface area (Å²) in [5.41, 5.74) is 7.19. The van der Waals surface area contributed by atoms with Crippen molar-refractivity contribution in [3.63, 3.8) is 0 Å². The highest BCUT2D eigenvalue weighted by Crippen LogP contribution is 2.27. The van der Waals surface area contributed by atoms with Crippen LogP contribution in [0.15, 0.2) is 18.2 Å². The van der Waals surface area contributed by atoms with Crippen LogP contribution in [-0.2, 0) is 6.54 Å². The van der Waals surface area contributed by atoms with Gasteiger partial charge in [0.05, 0.1) is 5.69 Å². The van der Waals surface area contributed by atoms with E-state index in [2.05, 4.69) is 28.5 Å². The Morgan fingerprint density at radius 2 is 1.76 bits per heavy atom. The average Bonchev–Trinajstić information content (AvgIpc) is 2.63. The van der Waals surface area contributed by atoms with Gasteiger partial charge in [-0.2, -0.15) is 0 Å². The number of piperidine rings is 1. The molecule has 2 fully saturated rings. The Kier molecular flexibility index (Phi) is 6.31. The van der Waals surface area contributed by atoms with Crippen LogP contribution in [0.3, 0.4) is 0 Å². The average molecular weight is 349 g/mol. The van der Waals surface area contributed by atoms with E-state index in [9.17, 15) is 4.39 Å². The Bertz CT molecular complexity index is 547. The Hall–Kier alpha value is -1.17. The molecule has 2 aliphatic heterocycles. The second-order valence-corrected chi connectivity index (χ2v) is 7.85. The van der Waals surface area contributed by atoms with Gasteiger partial charge >= 0.3 is 0 Å². The van der Waals surface area contributed by atoms with Crippen LogP contribution >= 0.6 is 0 Å². The highest BCUT2D eigenvalue weighted by atomic mass is 19.1. The van der Waals surface area contributed by atoms with Crippen molar-refractivity contribution < 1.29 is 4.39 Å². The third-order valence-corrected chi connectivity index (χ3v) is 5.86. The maximum Gasteiger partial charge on any atom is 0.146 e. The molecule has 0 saturated carbocycles. The minimum Gasteiger partial charge on any atom is -0.369 e. The molecule has 1 aromatic carbocycles. The first-order chi connectivity index (χ1) is 12.1. The lowest BCUT2D eigenvalue weighted by Gasteiger charge is -2.40. The molecule has 25 heavy (non-hydrogen) atoms. The molecule has 1 aromatic rings. The third-order valence-electron chi connectivity index (χ3n) is 5.86. The van der Waals surface area contributed by atoms with Crippen LogP contribution in [0.25, 0.3) is 0 Å². The fourth-order valence-corrected chi connectivity index (χ4v) is 4.12. The number of anilines is 1. The van der Waals surface area contributed by atoms with E-state index in [1.165, 1.54) is 32.7 Å². The van der Waals surface area contributed by atoms with Crippen LogP contribution < -0.4 is 10.6 Å². The number of benzene rings is 1. The monoisotopic (exact) mass is 348 g/mol. The second kappa shape index (κ2) is 8.47. The molecule has 0 amide bonds. The van der Waals surface area contributed by atoms with Crippen LogP contribution in [0, 0.1) is 11.7 Å². The van der Waals surface area contributed by atoms with Crippen molar-refractivity contribution in [3.8, 4) is 0 Å². The quantitative estimate of drug-likeness (QED) is 0.887. The van der Waals surface area contributed by atoms with Gasteiger partial charge in [-0.15, -0.1) is 0 Å². The Morgan fingerprint density at radius 1 is 1.08 bits per heavy atom. The fraction of sp³-hybridized carbons (Fsp3) is 0.700. The highest BCUT2D eigenvalue weighted by Gasteiger charge is 2.25. The van der Waals surface area contributed by atoms with Gasteiger partial charge in [0.1, 0.15) is 5.82 Å². The van der Waals surface area contributed by atoms with E-state index >= 15 is 0 Å². The summed E-state index contributed by atoms with van der Waals surface area (Å²) >= 11 is 0. The van der Waals surface area contributed by atoms with E-state index in [1.54, 1.807) is 6.07 Å². The molecule has 0 radical (unpaired) electrons. The first kappa shape index (κ1) is 18.6. The van der Waals surface area contributed by atoms with Crippen molar-refractivity contribution in [2.24, 2.45) is 11.7 Å². The molecule has 0 aromatic heterocycles. The molecule has 0 bridgehead atoms. The lowest BCUT2D eigenvalue weighted by molar-refractivity contribution is 0.0931. The SMILES string of the molecule is CC(C)N1CCN(CC2CCN(c3ccc(CN)cc3F)CC2)CC1. The molecule has 4 nitrogen and oxygen atoms in total. The van der Waals surface area contributed by atoms with E-state index in [-0.39, 0.29) is 5.82 Å². The van der Waals surface area contributed by atoms with Gasteiger partial charge in [0.2, 0.25) is 0 Å². The zero-order chi connectivity index (χ0) is 17.8. The zero-order valence-corrected chi connectivity index (χ0v) is 15.8. The fourth-order valence-electron chi connectivity index (χ4n) is 4.12. The van der Waals surface area contributed by atoms with Gasteiger partial charge in [-0.25, -0.2) is 4.39 Å². The summed E-state index contributed by atoms with van der Waals surface area (Å²) in [6.45, 7) is 12.8. The molecular formula is C20H33FN4. The molecule has 0 unspecified atom stereocenters. The summed E-state index contributed by atoms with van der Waals surface area (Å²) in [5, 5.41) is 0. The van der Waals surface area contributed by atoms with Crippen molar-refractivity contribution >= 4 is 5.69 Å². The van der Waals surface area contributed by atoms with E-state index < -0.39 is 0 Å². The van der Waals surface area contributed by atoms with E-state index in [4.69, 9.17) is 5.73 Å². The van der Waals surface area contributed by atoms with Crippen molar-refractivity contribution in [3.05, 3.63) is 29.6 Å². The van der Waals surface area contributed by atoms with Gasteiger partial charge in [0, 0.05) is 58.4 Å². The summed E-state index contributed by atoms with van der Waals surface area (Å²) < 4.78 is 14.3. The normalized spacial score (nSPS) is 21.2. The van der Waals surface area contributed by atoms with Crippen molar-refractivity contribution in [1.29, 1.82) is 0 Å². The number of piperazine rings is 1. The van der Waals surface area contributed by atoms with Crippen LogP contribution in [0.4, 0.5) is 10.1 Å². The number of rotatable bonds is 5. The van der Waals surface area contributed by atoms with Gasteiger partial charge in [0.25, 0.3) is 0 Å². The third kappa shape index (κ3) is 4.72. The molecule has 0 spiro atoms. The van der Waals surface area contributed by atoms with Crippen LogP contribution in [0.5, 0.6) is 0 Å². The topological polar surface area (TPSA) is 35.7 Å². The largest absolute Gasteiger partial charge is 0.369 e. The zero-order valence-electron chi connectivity index (χ0n) is 15.8. The number of hydrogen-bond donors (Lipinski definition) is 1. The second-order valence-electron chi connectivity index (χ2n) is 7.85. The predicted molar refractivity (Wildman–Crippen MR) is 102 cm³/mol. The summed E-state index contributed by atoms with van der Waals surface area (Å²) in [6.07, 6.45) is 2.31. The molecule has 5 heteroatoms. The molecular weight excluding hydrogens is 315 g/mol. The minimum atomic E-state index is -0.133. The van der Waals surface area contributed by atoms with E-state index in [0.717, 1.165) is 43.1 Å². The Balaban J connectivity index is 1.46. The van der Waals surface area contributed by atoms with Crippen LogP contribution in [0.2, 0.25) is 0 Å². The summed E-state index contributed by atoms with van der Waals surface area (Å²) in [7, 11) is 0. The van der Waals surface area contributed by atoms with Crippen LogP contribution in [-0.4, -0.2) is 61.7 Å². The molecule has 2 N–H and O–H groups in total. The molecule has 140 valence electrons. The maximum absolute atomic E-state index is 14.3. The summed E-state index contributed by atoms with van der Waals surface area (Å²) in [4.78, 5) is 7.38. The van der Waals surface area contributed by atoms with Crippen LogP contribution in [0.1, 0.15) is 32.3 Å². The van der Waals surface area contributed by atoms with Gasteiger partial charge in [-0.3, -0.25) is 4.90 Å². The maximum atomic E-state index is 14.3. The molecule has 2 heterocycles. The standard InChI is InChI=1S/C20H33FN4/c1-16(2)24-11-9-23(10-12-24)15-17-5-7-25(8-6-17)20-4-3-18(14-22)13-19(20)21/h3-4,13,16-17H,5-12,14-15,22H2,1-2H3. The first-order valence-corrected chi connectivity index (χ1v) is 9.76. The summed E-state index contributed by atoms with van der Waals surface area (Å²) in [5.74, 6) is 0.611. The van der Waals surface area contributed by atoms with Gasteiger partial charge in [-0.05, 0) is 50.3 Å². The Morgan fingerprint density at radius 3 is 2.32 bits per heavy atom. The lowest BCUT2D eigenvalue weighted by atomic mass is 9.95. The molecule has 3 rings (SSSR count). The lowest BCUT2D eigenvalue weighted by Crippen LogP contribution is -2.50. The first-order valence-electron chi connectivity index (χ1n) is 9.76. The molecule has 2 aliphatic rings. The highest BCUT2D eigenvalue weighted by molar-refractivity contribution is 5.49. The van der Waals surface area contributed by atoms with E-state index in [1.807, 2.05) is 12.1 Å². The number of hydrogen-bond acceptors (Lipinski definition) is 4. The van der Waals surface area contributed by atoms with E-state index in [0.29, 0.717) is 12.6 Å².